The molecule has 0 atom stereocenters. The Hall–Kier alpha value is -3.02. The number of carbonyl (C=O) groups excluding carboxylic acids is 1. The lowest BCUT2D eigenvalue weighted by Gasteiger charge is -2.00. The molecular weight excluding hydrogens is 266 g/mol. The summed E-state index contributed by atoms with van der Waals surface area (Å²) in [4.78, 5) is 20.4. The fourth-order valence-corrected chi connectivity index (χ4v) is 1.99. The summed E-state index contributed by atoms with van der Waals surface area (Å²) in [6, 6.07) is 11.0. The third kappa shape index (κ3) is 2.51. The minimum absolute atomic E-state index is 0.0559. The van der Waals surface area contributed by atoms with Crippen LogP contribution < -0.4 is 5.73 Å². The van der Waals surface area contributed by atoms with Crippen molar-refractivity contribution in [2.75, 3.05) is 5.73 Å². The zero-order valence-corrected chi connectivity index (χ0v) is 11.4. The zero-order chi connectivity index (χ0) is 14.8. The van der Waals surface area contributed by atoms with Crippen LogP contribution in [0.15, 0.2) is 48.8 Å². The molecule has 0 spiro atoms. The number of rotatable bonds is 2. The van der Waals surface area contributed by atoms with E-state index in [1.807, 2.05) is 31.2 Å². The van der Waals surface area contributed by atoms with Crippen LogP contribution in [0.5, 0.6) is 0 Å². The van der Waals surface area contributed by atoms with Crippen LogP contribution >= 0.6 is 0 Å². The van der Waals surface area contributed by atoms with Crippen molar-refractivity contribution in [3.8, 4) is 11.4 Å². The topological polar surface area (TPSA) is 86.7 Å². The largest absolute Gasteiger partial charge is 0.368 e. The molecule has 104 valence electrons. The van der Waals surface area contributed by atoms with E-state index < -0.39 is 0 Å². The van der Waals surface area contributed by atoms with E-state index in [2.05, 4.69) is 15.1 Å². The van der Waals surface area contributed by atoms with Gasteiger partial charge in [-0.1, -0.05) is 23.8 Å². The number of anilines is 1. The second kappa shape index (κ2) is 5.16. The molecule has 6 heteroatoms. The third-order valence-electron chi connectivity index (χ3n) is 3.01. The molecule has 0 radical (unpaired) electrons. The number of aryl methyl sites for hydroxylation is 1. The van der Waals surface area contributed by atoms with Gasteiger partial charge in [0, 0.05) is 18.0 Å². The molecule has 2 N–H and O–H groups in total. The van der Waals surface area contributed by atoms with E-state index in [4.69, 9.17) is 5.73 Å². The van der Waals surface area contributed by atoms with E-state index in [1.165, 1.54) is 6.20 Å². The molecule has 0 saturated heterocycles. The predicted molar refractivity (Wildman–Crippen MR) is 78.6 cm³/mol. The highest BCUT2D eigenvalue weighted by Crippen LogP contribution is 2.18. The van der Waals surface area contributed by atoms with Crippen LogP contribution in [0, 0.1) is 6.92 Å². The van der Waals surface area contributed by atoms with Crippen molar-refractivity contribution in [2.24, 2.45) is 0 Å². The van der Waals surface area contributed by atoms with Crippen molar-refractivity contribution in [3.05, 3.63) is 59.9 Å². The number of nitrogens with zero attached hydrogens (tertiary/aromatic N) is 4. The molecule has 2 heterocycles. The molecule has 0 bridgehead atoms. The number of hydrogen-bond acceptors (Lipinski definition) is 5. The quantitative estimate of drug-likeness (QED) is 0.774. The van der Waals surface area contributed by atoms with Crippen LogP contribution in [-0.4, -0.2) is 25.7 Å². The molecule has 0 amide bonds. The lowest BCUT2D eigenvalue weighted by molar-refractivity contribution is 0.0947. The van der Waals surface area contributed by atoms with Crippen LogP contribution in [0.1, 0.15) is 15.9 Å². The van der Waals surface area contributed by atoms with Crippen LogP contribution in [0.3, 0.4) is 0 Å². The van der Waals surface area contributed by atoms with E-state index in [-0.39, 0.29) is 11.9 Å². The summed E-state index contributed by atoms with van der Waals surface area (Å²) in [7, 11) is 0. The van der Waals surface area contributed by atoms with Crippen LogP contribution in [-0.2, 0) is 0 Å². The number of pyridine rings is 1. The summed E-state index contributed by atoms with van der Waals surface area (Å²) in [5, 5.41) is 4.20. The van der Waals surface area contributed by atoms with Gasteiger partial charge in [-0.15, -0.1) is 5.10 Å². The first kappa shape index (κ1) is 13.0. The second-order valence-corrected chi connectivity index (χ2v) is 4.62. The van der Waals surface area contributed by atoms with Gasteiger partial charge in [-0.25, -0.2) is 0 Å². The molecule has 0 fully saturated rings. The highest BCUT2D eigenvalue weighted by atomic mass is 16.2. The number of nitrogens with two attached hydrogens (primary N) is 1. The van der Waals surface area contributed by atoms with Crippen molar-refractivity contribution in [3.63, 3.8) is 0 Å². The molecule has 3 rings (SSSR count). The Balaban J connectivity index is 2.01. The Kier molecular flexibility index (Phi) is 3.19. The molecule has 0 aliphatic rings. The average Bonchev–Trinajstić information content (AvgIpc) is 2.89. The maximum absolute atomic E-state index is 12.3. The summed E-state index contributed by atoms with van der Waals surface area (Å²) in [5.41, 5.74) is 8.11. The standard InChI is InChI=1S/C15H13N5O/c1-10-4-2-5-11(8-10)13-18-15(16)20(19-13)14(21)12-6-3-7-17-9-12/h2-9H,1H3,(H2,16,18,19). The molecule has 0 aliphatic carbocycles. The van der Waals surface area contributed by atoms with Gasteiger partial charge in [0.05, 0.1) is 5.56 Å². The van der Waals surface area contributed by atoms with E-state index in [0.717, 1.165) is 15.8 Å². The molecular formula is C15H13N5O. The van der Waals surface area contributed by atoms with Crippen molar-refractivity contribution in [1.82, 2.24) is 19.7 Å². The Morgan fingerprint density at radius 3 is 2.81 bits per heavy atom. The van der Waals surface area contributed by atoms with E-state index in [0.29, 0.717) is 11.4 Å². The van der Waals surface area contributed by atoms with Gasteiger partial charge < -0.3 is 5.73 Å². The lowest BCUT2D eigenvalue weighted by atomic mass is 10.1. The van der Waals surface area contributed by atoms with Gasteiger partial charge in [0.1, 0.15) is 0 Å². The Morgan fingerprint density at radius 2 is 2.10 bits per heavy atom. The van der Waals surface area contributed by atoms with Crippen molar-refractivity contribution in [1.29, 1.82) is 0 Å². The number of aromatic nitrogens is 4. The first-order valence-corrected chi connectivity index (χ1v) is 6.39. The molecule has 2 aromatic heterocycles. The Bertz CT molecular complexity index is 795. The van der Waals surface area contributed by atoms with E-state index in [9.17, 15) is 4.79 Å². The normalized spacial score (nSPS) is 10.5. The summed E-state index contributed by atoms with van der Waals surface area (Å²) < 4.78 is 1.09. The number of hydrogen-bond donors (Lipinski definition) is 1. The zero-order valence-electron chi connectivity index (χ0n) is 11.4. The molecule has 21 heavy (non-hydrogen) atoms. The number of nitrogen functional groups attached to an aromatic ring is 1. The van der Waals surface area contributed by atoms with Gasteiger partial charge >= 0.3 is 0 Å². The first-order valence-electron chi connectivity index (χ1n) is 6.39. The Labute approximate surface area is 121 Å². The van der Waals surface area contributed by atoms with Gasteiger partial charge in [0.15, 0.2) is 5.82 Å². The van der Waals surface area contributed by atoms with Crippen molar-refractivity contribution >= 4 is 11.9 Å². The summed E-state index contributed by atoms with van der Waals surface area (Å²) in [6.07, 6.45) is 3.06. The summed E-state index contributed by atoms with van der Waals surface area (Å²) in [6.45, 7) is 1.98. The minimum Gasteiger partial charge on any atom is -0.368 e. The molecule has 1 aromatic carbocycles. The summed E-state index contributed by atoms with van der Waals surface area (Å²) >= 11 is 0. The van der Waals surface area contributed by atoms with Crippen LogP contribution in [0.4, 0.5) is 5.95 Å². The predicted octanol–water partition coefficient (Wildman–Crippen LogP) is 1.92. The smallest absolute Gasteiger partial charge is 0.282 e. The van der Waals surface area contributed by atoms with Gasteiger partial charge in [0.25, 0.3) is 5.91 Å². The van der Waals surface area contributed by atoms with Crippen LogP contribution in [0.25, 0.3) is 11.4 Å². The van der Waals surface area contributed by atoms with E-state index >= 15 is 0 Å². The Morgan fingerprint density at radius 1 is 1.24 bits per heavy atom. The van der Waals surface area contributed by atoms with Gasteiger partial charge in [-0.3, -0.25) is 9.78 Å². The van der Waals surface area contributed by atoms with Crippen molar-refractivity contribution in [2.45, 2.75) is 6.92 Å². The summed E-state index contributed by atoms with van der Waals surface area (Å²) in [5.74, 6) is 0.126. The SMILES string of the molecule is Cc1cccc(-c2nc(N)n(C(=O)c3cccnc3)n2)c1. The van der Waals surface area contributed by atoms with Gasteiger partial charge in [-0.2, -0.15) is 9.67 Å². The molecule has 6 nitrogen and oxygen atoms in total. The first-order chi connectivity index (χ1) is 10.1. The highest BCUT2D eigenvalue weighted by molar-refractivity contribution is 5.96. The monoisotopic (exact) mass is 279 g/mol. The van der Waals surface area contributed by atoms with Crippen LogP contribution in [0.2, 0.25) is 0 Å². The maximum Gasteiger partial charge on any atom is 0.282 e. The molecule has 0 saturated carbocycles. The van der Waals surface area contributed by atoms with Gasteiger partial charge in [-0.05, 0) is 25.1 Å². The molecule has 0 aliphatic heterocycles. The van der Waals surface area contributed by atoms with Gasteiger partial charge in [0.2, 0.25) is 5.95 Å². The third-order valence-corrected chi connectivity index (χ3v) is 3.01. The fourth-order valence-electron chi connectivity index (χ4n) is 1.99. The number of carbonyl (C=O) groups is 1. The number of benzene rings is 1. The minimum atomic E-state index is -0.355. The van der Waals surface area contributed by atoms with Crippen molar-refractivity contribution < 1.29 is 4.79 Å². The maximum atomic E-state index is 12.3. The molecule has 0 unspecified atom stereocenters. The fraction of sp³-hybridized carbons (Fsp3) is 0.0667. The molecule has 3 aromatic rings. The van der Waals surface area contributed by atoms with E-state index in [1.54, 1.807) is 18.3 Å². The second-order valence-electron chi connectivity index (χ2n) is 4.62. The highest BCUT2D eigenvalue weighted by Gasteiger charge is 2.16. The lowest BCUT2D eigenvalue weighted by Crippen LogP contribution is -2.16. The average molecular weight is 279 g/mol.